The van der Waals surface area contributed by atoms with E-state index in [1.54, 1.807) is 42.3 Å². The molecule has 340 valence electrons. The fraction of sp³-hybridized carbons (Fsp3) is 0.404. The molecule has 3 aromatic heterocycles. The van der Waals surface area contributed by atoms with Crippen LogP contribution in [0.25, 0.3) is 11.1 Å². The summed E-state index contributed by atoms with van der Waals surface area (Å²) in [4.78, 5) is 85.9. The predicted octanol–water partition coefficient (Wildman–Crippen LogP) is 4.71. The van der Waals surface area contributed by atoms with E-state index in [2.05, 4.69) is 35.7 Å². The number of imide groups is 1. The van der Waals surface area contributed by atoms with Gasteiger partial charge in [0.2, 0.25) is 17.7 Å². The molecule has 16 nitrogen and oxygen atoms in total. The predicted molar refractivity (Wildman–Crippen MR) is 239 cm³/mol. The van der Waals surface area contributed by atoms with Crippen molar-refractivity contribution in [2.45, 2.75) is 69.6 Å². The Labute approximate surface area is 382 Å². The van der Waals surface area contributed by atoms with Crippen LogP contribution in [-0.4, -0.2) is 116 Å². The van der Waals surface area contributed by atoms with E-state index in [0.29, 0.717) is 72.3 Å². The van der Waals surface area contributed by atoms with Crippen LogP contribution in [0.4, 0.5) is 25.4 Å². The number of carbonyl (C=O) groups is 5. The first-order chi connectivity index (χ1) is 32.0. The standard InChI is InChI=1S/C47H47F2N11O5S/c48-34-17-29(16-32-33(34)20-60(45(32)65)42(44(64)55-46-50-11-15-66-46)41-37-2-1-12-57(37)26-52-41)28-3-7-38(51-19-28)58-22-47(23-58)24-59(25-47)40(62)21-56-13-9-27(10-14-56)31-5-4-30(18-35(31)49)53-36-6-8-39(61)54-43(36)63/h3-5,7,11,15-19,26-27,36,42,53H,1-2,6,8-10,12-14,20-25H2,(H,50,55,64)(H,54,61,63)/t36-,42?/m0/s1. The van der Waals surface area contributed by atoms with Crippen molar-refractivity contribution in [1.29, 1.82) is 0 Å². The number of carbonyl (C=O) groups excluding carboxylic acids is 5. The molecular weight excluding hydrogens is 869 g/mol. The number of nitrogens with zero attached hydrogens (tertiary/aromatic N) is 8. The molecule has 3 N–H and O–H groups in total. The number of piperidine rings is 2. The molecule has 0 bridgehead atoms. The second-order valence-corrected chi connectivity index (χ2v) is 19.4. The molecule has 1 unspecified atom stereocenters. The Kier molecular flexibility index (Phi) is 10.6. The number of halogens is 2. The van der Waals surface area contributed by atoms with Crippen molar-refractivity contribution >= 4 is 57.5 Å². The van der Waals surface area contributed by atoms with Gasteiger partial charge in [-0.25, -0.2) is 23.7 Å². The van der Waals surface area contributed by atoms with Gasteiger partial charge in [0, 0.05) is 90.4 Å². The average Bonchev–Trinajstić information content (AvgIpc) is 4.10. The second kappa shape index (κ2) is 16.7. The van der Waals surface area contributed by atoms with Crippen molar-refractivity contribution in [2.24, 2.45) is 5.41 Å². The number of benzene rings is 2. The molecule has 9 heterocycles. The van der Waals surface area contributed by atoms with Gasteiger partial charge in [0.05, 0.1) is 25.1 Å². The lowest BCUT2D eigenvalue weighted by Crippen LogP contribution is -2.73. The summed E-state index contributed by atoms with van der Waals surface area (Å²) in [7, 11) is 0. The molecule has 2 aromatic carbocycles. The van der Waals surface area contributed by atoms with E-state index in [9.17, 15) is 24.0 Å². The molecule has 5 aromatic rings. The second-order valence-electron chi connectivity index (χ2n) is 18.5. The highest BCUT2D eigenvalue weighted by Gasteiger charge is 2.53. The molecule has 19 heteroatoms. The summed E-state index contributed by atoms with van der Waals surface area (Å²) >= 11 is 1.27. The largest absolute Gasteiger partial charge is 0.374 e. The monoisotopic (exact) mass is 915 g/mol. The first kappa shape index (κ1) is 42.1. The molecule has 5 amide bonds. The first-order valence-corrected chi connectivity index (χ1v) is 23.3. The highest BCUT2D eigenvalue weighted by Crippen LogP contribution is 2.43. The van der Waals surface area contributed by atoms with Crippen LogP contribution in [0.15, 0.2) is 66.6 Å². The van der Waals surface area contributed by atoms with E-state index in [1.807, 2.05) is 21.6 Å². The third-order valence-electron chi connectivity index (χ3n) is 14.1. The van der Waals surface area contributed by atoms with Crippen LogP contribution < -0.4 is 20.9 Å². The molecular formula is C47H47F2N11O5S. The van der Waals surface area contributed by atoms with E-state index in [0.717, 1.165) is 56.8 Å². The lowest BCUT2D eigenvalue weighted by atomic mass is 9.72. The minimum atomic E-state index is -1.07. The number of fused-ring (bicyclic) bond motifs is 2. The van der Waals surface area contributed by atoms with Crippen LogP contribution in [0.1, 0.15) is 76.9 Å². The van der Waals surface area contributed by atoms with Gasteiger partial charge in [0.1, 0.15) is 23.5 Å². The number of rotatable bonds is 11. The summed E-state index contributed by atoms with van der Waals surface area (Å²) in [5, 5.41) is 10.3. The number of anilines is 3. The summed E-state index contributed by atoms with van der Waals surface area (Å²) in [5.74, 6) is -1.56. The van der Waals surface area contributed by atoms with Crippen LogP contribution in [-0.2, 0) is 38.7 Å². The summed E-state index contributed by atoms with van der Waals surface area (Å²) in [5.41, 5.74) is 4.14. The van der Waals surface area contributed by atoms with Gasteiger partial charge in [-0.15, -0.1) is 11.3 Å². The van der Waals surface area contributed by atoms with Crippen molar-refractivity contribution < 1.29 is 32.8 Å². The quantitative estimate of drug-likeness (QED) is 0.157. The van der Waals surface area contributed by atoms with Gasteiger partial charge in [0.15, 0.2) is 11.2 Å². The third kappa shape index (κ3) is 7.76. The Morgan fingerprint density at radius 3 is 2.48 bits per heavy atom. The summed E-state index contributed by atoms with van der Waals surface area (Å²) in [6.07, 6.45) is 8.67. The molecule has 4 fully saturated rings. The van der Waals surface area contributed by atoms with Gasteiger partial charge >= 0.3 is 0 Å². The minimum Gasteiger partial charge on any atom is -0.374 e. The smallest absolute Gasteiger partial charge is 0.255 e. The molecule has 2 atom stereocenters. The normalized spacial score (nSPS) is 20.7. The van der Waals surface area contributed by atoms with E-state index in [-0.39, 0.29) is 53.1 Å². The van der Waals surface area contributed by atoms with Gasteiger partial charge in [0.25, 0.3) is 11.8 Å². The highest BCUT2D eigenvalue weighted by atomic mass is 32.1. The molecule has 0 saturated carbocycles. The van der Waals surface area contributed by atoms with Crippen molar-refractivity contribution in [3.63, 3.8) is 0 Å². The average molecular weight is 916 g/mol. The number of hydrogen-bond acceptors (Lipinski definition) is 12. The zero-order chi connectivity index (χ0) is 45.3. The lowest BCUT2D eigenvalue weighted by molar-refractivity contribution is -0.146. The van der Waals surface area contributed by atoms with Crippen LogP contribution in [0, 0.1) is 17.0 Å². The topological polar surface area (TPSA) is 178 Å². The van der Waals surface area contributed by atoms with Crippen molar-refractivity contribution in [3.8, 4) is 11.1 Å². The van der Waals surface area contributed by atoms with E-state index in [1.165, 1.54) is 28.4 Å². The van der Waals surface area contributed by atoms with E-state index >= 15 is 8.78 Å². The Balaban J connectivity index is 0.667. The third-order valence-corrected chi connectivity index (χ3v) is 14.8. The van der Waals surface area contributed by atoms with E-state index < -0.39 is 35.6 Å². The number of likely N-dealkylation sites (tertiary alicyclic amines) is 2. The van der Waals surface area contributed by atoms with Gasteiger partial charge in [-0.05, 0) is 98.6 Å². The number of amides is 5. The summed E-state index contributed by atoms with van der Waals surface area (Å²) in [6, 6.07) is 10.2. The molecule has 66 heavy (non-hydrogen) atoms. The summed E-state index contributed by atoms with van der Waals surface area (Å²) < 4.78 is 33.2. The number of aromatic nitrogens is 4. The molecule has 1 spiro atoms. The molecule has 6 aliphatic heterocycles. The highest BCUT2D eigenvalue weighted by molar-refractivity contribution is 7.13. The maximum absolute atomic E-state index is 15.9. The zero-order valence-electron chi connectivity index (χ0n) is 36.0. The molecule has 4 saturated heterocycles. The van der Waals surface area contributed by atoms with Crippen molar-refractivity contribution in [1.82, 2.24) is 39.5 Å². The Hall–Kier alpha value is -6.60. The number of nitrogens with one attached hydrogen (secondary N) is 3. The number of imidazole rings is 1. The maximum atomic E-state index is 15.9. The van der Waals surface area contributed by atoms with Gasteiger partial charge < -0.3 is 24.6 Å². The molecule has 6 aliphatic rings. The lowest BCUT2D eigenvalue weighted by Gasteiger charge is -2.60. The Morgan fingerprint density at radius 2 is 1.74 bits per heavy atom. The Bertz CT molecular complexity index is 2760. The van der Waals surface area contributed by atoms with Gasteiger partial charge in [-0.1, -0.05) is 6.07 Å². The maximum Gasteiger partial charge on any atom is 0.255 e. The number of aryl methyl sites for hydroxylation is 1. The minimum absolute atomic E-state index is 0.0147. The zero-order valence-corrected chi connectivity index (χ0v) is 36.8. The van der Waals surface area contributed by atoms with Gasteiger partial charge in [-0.2, -0.15) is 0 Å². The van der Waals surface area contributed by atoms with E-state index in [4.69, 9.17) is 4.98 Å². The number of hydrogen-bond donors (Lipinski definition) is 3. The fourth-order valence-corrected chi connectivity index (χ4v) is 11.2. The molecule has 0 aliphatic carbocycles. The van der Waals surface area contributed by atoms with Gasteiger partial charge in [-0.3, -0.25) is 39.5 Å². The van der Waals surface area contributed by atoms with Crippen LogP contribution in [0.5, 0.6) is 0 Å². The number of pyridine rings is 1. The Morgan fingerprint density at radius 1 is 0.909 bits per heavy atom. The van der Waals surface area contributed by atoms with Crippen LogP contribution >= 0.6 is 11.3 Å². The molecule has 11 rings (SSSR count). The van der Waals surface area contributed by atoms with Crippen LogP contribution in [0.3, 0.4) is 0 Å². The SMILES string of the molecule is O=C1CC[C@H](Nc2ccc(C3CCN(CC(=O)N4CC5(C4)CN(c4ccc(-c6cc(F)c7c(c6)C(=O)N(C(C(=O)Nc6nccs6)c6ncn8c6CCC8)C7)cn4)C5)CC3)c(F)c2)C(=O)N1. The molecule has 0 radical (unpaired) electrons. The van der Waals surface area contributed by atoms with Crippen molar-refractivity contribution in [2.75, 3.05) is 61.3 Å². The fourth-order valence-electron chi connectivity index (χ4n) is 10.6. The van der Waals surface area contributed by atoms with Crippen LogP contribution in [0.2, 0.25) is 0 Å². The summed E-state index contributed by atoms with van der Waals surface area (Å²) in [6.45, 7) is 5.29. The number of thiazole rings is 1. The first-order valence-electron chi connectivity index (χ1n) is 22.5. The van der Waals surface area contributed by atoms with Crippen molar-refractivity contribution in [3.05, 3.63) is 106 Å².